The number of nitrogens with one attached hydrogen (secondary N) is 1. The maximum atomic E-state index is 12.0. The number of amides is 1. The van der Waals surface area contributed by atoms with Gasteiger partial charge in [0, 0.05) is 16.6 Å². The SMILES string of the molecule is CC1(NC(=O)c2cccc(Br)c2)CCOC1. The van der Waals surface area contributed by atoms with Crippen molar-refractivity contribution < 1.29 is 9.53 Å². The van der Waals surface area contributed by atoms with Crippen LogP contribution in [0.4, 0.5) is 0 Å². The summed E-state index contributed by atoms with van der Waals surface area (Å²) < 4.78 is 6.21. The van der Waals surface area contributed by atoms with Gasteiger partial charge in [-0.15, -0.1) is 0 Å². The van der Waals surface area contributed by atoms with E-state index in [0.29, 0.717) is 12.2 Å². The Hall–Kier alpha value is -0.870. The van der Waals surface area contributed by atoms with Gasteiger partial charge in [-0.2, -0.15) is 0 Å². The molecule has 0 aromatic heterocycles. The zero-order valence-electron chi connectivity index (χ0n) is 9.13. The number of benzene rings is 1. The first-order valence-electron chi connectivity index (χ1n) is 5.25. The van der Waals surface area contributed by atoms with Gasteiger partial charge in [0.15, 0.2) is 0 Å². The van der Waals surface area contributed by atoms with Crippen molar-refractivity contribution >= 4 is 21.8 Å². The fraction of sp³-hybridized carbons (Fsp3) is 0.417. The van der Waals surface area contributed by atoms with Crippen LogP contribution in [0.5, 0.6) is 0 Å². The Labute approximate surface area is 103 Å². The van der Waals surface area contributed by atoms with Gasteiger partial charge in [0.2, 0.25) is 0 Å². The normalized spacial score (nSPS) is 24.4. The lowest BCUT2D eigenvalue weighted by Gasteiger charge is -2.23. The Kier molecular flexibility index (Phi) is 3.30. The Morgan fingerprint density at radius 3 is 3.00 bits per heavy atom. The second-order valence-electron chi connectivity index (χ2n) is 4.33. The van der Waals surface area contributed by atoms with Gasteiger partial charge < -0.3 is 10.1 Å². The minimum Gasteiger partial charge on any atom is -0.379 e. The fourth-order valence-corrected chi connectivity index (χ4v) is 2.14. The molecule has 1 amide bonds. The van der Waals surface area contributed by atoms with Gasteiger partial charge in [-0.3, -0.25) is 4.79 Å². The molecule has 4 heteroatoms. The molecule has 1 aliphatic heterocycles. The predicted octanol–water partition coefficient (Wildman–Crippen LogP) is 2.36. The highest BCUT2D eigenvalue weighted by Gasteiger charge is 2.31. The number of hydrogen-bond acceptors (Lipinski definition) is 2. The van der Waals surface area contributed by atoms with Crippen molar-refractivity contribution in [1.29, 1.82) is 0 Å². The van der Waals surface area contributed by atoms with Crippen LogP contribution in [0.25, 0.3) is 0 Å². The van der Waals surface area contributed by atoms with Crippen molar-refractivity contribution in [3.05, 3.63) is 34.3 Å². The van der Waals surface area contributed by atoms with Crippen molar-refractivity contribution in [2.75, 3.05) is 13.2 Å². The Morgan fingerprint density at radius 1 is 1.56 bits per heavy atom. The topological polar surface area (TPSA) is 38.3 Å². The molecule has 1 unspecified atom stereocenters. The monoisotopic (exact) mass is 283 g/mol. The van der Waals surface area contributed by atoms with E-state index in [1.54, 1.807) is 6.07 Å². The predicted molar refractivity (Wildman–Crippen MR) is 65.4 cm³/mol. The molecule has 1 fully saturated rings. The molecular weight excluding hydrogens is 270 g/mol. The molecule has 0 aliphatic carbocycles. The number of halogens is 1. The summed E-state index contributed by atoms with van der Waals surface area (Å²) in [5, 5.41) is 3.01. The van der Waals surface area contributed by atoms with E-state index in [-0.39, 0.29) is 11.4 Å². The molecule has 1 heterocycles. The van der Waals surface area contributed by atoms with E-state index in [1.165, 1.54) is 0 Å². The first-order valence-corrected chi connectivity index (χ1v) is 6.04. The van der Waals surface area contributed by atoms with E-state index in [9.17, 15) is 4.79 Å². The molecule has 2 rings (SSSR count). The van der Waals surface area contributed by atoms with E-state index in [0.717, 1.165) is 17.5 Å². The second kappa shape index (κ2) is 4.55. The lowest BCUT2D eigenvalue weighted by atomic mass is 10.0. The van der Waals surface area contributed by atoms with Gasteiger partial charge >= 0.3 is 0 Å². The maximum absolute atomic E-state index is 12.0. The van der Waals surface area contributed by atoms with Crippen LogP contribution in [-0.4, -0.2) is 24.7 Å². The van der Waals surface area contributed by atoms with E-state index in [4.69, 9.17) is 4.74 Å². The maximum Gasteiger partial charge on any atom is 0.251 e. The van der Waals surface area contributed by atoms with Crippen LogP contribution in [0.3, 0.4) is 0 Å². The molecule has 0 bridgehead atoms. The molecule has 0 saturated carbocycles. The lowest BCUT2D eigenvalue weighted by Crippen LogP contribution is -2.46. The Morgan fingerprint density at radius 2 is 2.38 bits per heavy atom. The van der Waals surface area contributed by atoms with Gasteiger partial charge in [-0.25, -0.2) is 0 Å². The minimum absolute atomic E-state index is 0.0469. The summed E-state index contributed by atoms with van der Waals surface area (Å²) in [6.45, 7) is 3.32. The summed E-state index contributed by atoms with van der Waals surface area (Å²) in [7, 11) is 0. The van der Waals surface area contributed by atoms with Crippen LogP contribution < -0.4 is 5.32 Å². The second-order valence-corrected chi connectivity index (χ2v) is 5.24. The van der Waals surface area contributed by atoms with Gasteiger partial charge in [0.25, 0.3) is 5.91 Å². The fourth-order valence-electron chi connectivity index (χ4n) is 1.74. The van der Waals surface area contributed by atoms with Crippen molar-refractivity contribution in [3.63, 3.8) is 0 Å². The average Bonchev–Trinajstić information content (AvgIpc) is 2.65. The zero-order chi connectivity index (χ0) is 11.6. The van der Waals surface area contributed by atoms with Crippen molar-refractivity contribution in [1.82, 2.24) is 5.32 Å². The lowest BCUT2D eigenvalue weighted by molar-refractivity contribution is 0.0890. The molecule has 0 spiro atoms. The van der Waals surface area contributed by atoms with Crippen LogP contribution in [0.2, 0.25) is 0 Å². The summed E-state index contributed by atoms with van der Waals surface area (Å²) in [6.07, 6.45) is 0.868. The molecule has 1 atom stereocenters. The quantitative estimate of drug-likeness (QED) is 0.905. The molecule has 1 aromatic rings. The highest BCUT2D eigenvalue weighted by Crippen LogP contribution is 2.19. The molecular formula is C12H14BrNO2. The molecule has 1 saturated heterocycles. The van der Waals surface area contributed by atoms with E-state index < -0.39 is 0 Å². The summed E-state index contributed by atoms with van der Waals surface area (Å²) >= 11 is 3.35. The Bertz CT molecular complexity index is 400. The van der Waals surface area contributed by atoms with Gasteiger partial charge in [-0.1, -0.05) is 22.0 Å². The third-order valence-corrected chi connectivity index (χ3v) is 3.21. The van der Waals surface area contributed by atoms with Crippen molar-refractivity contribution in [3.8, 4) is 0 Å². The molecule has 1 aliphatic rings. The van der Waals surface area contributed by atoms with Crippen LogP contribution in [0.15, 0.2) is 28.7 Å². The molecule has 1 N–H and O–H groups in total. The van der Waals surface area contributed by atoms with Crippen LogP contribution in [0.1, 0.15) is 23.7 Å². The summed E-state index contributed by atoms with van der Waals surface area (Å²) in [4.78, 5) is 12.0. The first-order chi connectivity index (χ1) is 7.59. The van der Waals surface area contributed by atoms with Crippen LogP contribution in [-0.2, 0) is 4.74 Å². The molecule has 0 radical (unpaired) electrons. The van der Waals surface area contributed by atoms with Gasteiger partial charge in [-0.05, 0) is 31.5 Å². The van der Waals surface area contributed by atoms with Crippen molar-refractivity contribution in [2.24, 2.45) is 0 Å². The average molecular weight is 284 g/mol. The first kappa shape index (κ1) is 11.6. The highest BCUT2D eigenvalue weighted by atomic mass is 79.9. The highest BCUT2D eigenvalue weighted by molar-refractivity contribution is 9.10. The minimum atomic E-state index is -0.223. The van der Waals surface area contributed by atoms with E-state index in [1.807, 2.05) is 25.1 Å². The van der Waals surface area contributed by atoms with Gasteiger partial charge in [0.05, 0.1) is 12.1 Å². The summed E-state index contributed by atoms with van der Waals surface area (Å²) in [5.74, 6) is -0.0469. The standard InChI is InChI=1S/C12H14BrNO2/c1-12(5-6-16-8-12)14-11(15)9-3-2-4-10(13)7-9/h2-4,7H,5-6,8H2,1H3,(H,14,15). The molecule has 1 aromatic carbocycles. The van der Waals surface area contributed by atoms with Crippen LogP contribution >= 0.6 is 15.9 Å². The largest absolute Gasteiger partial charge is 0.379 e. The van der Waals surface area contributed by atoms with E-state index >= 15 is 0 Å². The smallest absolute Gasteiger partial charge is 0.251 e. The van der Waals surface area contributed by atoms with Crippen LogP contribution in [0, 0.1) is 0 Å². The van der Waals surface area contributed by atoms with E-state index in [2.05, 4.69) is 21.2 Å². The third kappa shape index (κ3) is 2.62. The number of rotatable bonds is 2. The summed E-state index contributed by atoms with van der Waals surface area (Å²) in [5.41, 5.74) is 0.446. The third-order valence-electron chi connectivity index (χ3n) is 2.72. The summed E-state index contributed by atoms with van der Waals surface area (Å²) in [6, 6.07) is 7.37. The van der Waals surface area contributed by atoms with Crippen molar-refractivity contribution in [2.45, 2.75) is 18.9 Å². The zero-order valence-corrected chi connectivity index (χ0v) is 10.7. The number of ether oxygens (including phenoxy) is 1. The number of hydrogen-bond donors (Lipinski definition) is 1. The number of carbonyl (C=O) groups excluding carboxylic acids is 1. The molecule has 16 heavy (non-hydrogen) atoms. The number of carbonyl (C=O) groups is 1. The molecule has 3 nitrogen and oxygen atoms in total. The Balaban J connectivity index is 2.08. The molecule has 86 valence electrons. The van der Waals surface area contributed by atoms with Gasteiger partial charge in [0.1, 0.15) is 0 Å².